The van der Waals surface area contributed by atoms with Gasteiger partial charge in [-0.3, -0.25) is 0 Å². The highest BCUT2D eigenvalue weighted by molar-refractivity contribution is 7.91. The summed E-state index contributed by atoms with van der Waals surface area (Å²) in [5.41, 5.74) is 1.71. The predicted molar refractivity (Wildman–Crippen MR) is 102 cm³/mol. The first kappa shape index (κ1) is 19.5. The summed E-state index contributed by atoms with van der Waals surface area (Å²) < 4.78 is 41.5. The van der Waals surface area contributed by atoms with Crippen molar-refractivity contribution >= 4 is 32.9 Å². The Kier molecular flexibility index (Phi) is 5.36. The molecule has 3 aromatic rings. The molecule has 3 rings (SSSR count). The van der Waals surface area contributed by atoms with E-state index in [2.05, 4.69) is 20.7 Å². The molecule has 0 saturated carbocycles. The highest BCUT2D eigenvalue weighted by Crippen LogP contribution is 2.32. The summed E-state index contributed by atoms with van der Waals surface area (Å²) in [5, 5.41) is 9.99. The topological polar surface area (TPSA) is 88.4 Å². The van der Waals surface area contributed by atoms with Crippen molar-refractivity contribution < 1.29 is 12.8 Å². The number of likely N-dealkylation sites (N-methyl/N-ethyl adjacent to an activating group) is 1. The van der Waals surface area contributed by atoms with Crippen LogP contribution in [0.3, 0.4) is 0 Å². The maximum absolute atomic E-state index is 13.5. The van der Waals surface area contributed by atoms with E-state index in [-0.39, 0.29) is 26.3 Å². The molecule has 0 fully saturated rings. The smallest absolute Gasteiger partial charge is 0.214 e. The molecule has 2 N–H and O–H groups in total. The minimum atomic E-state index is -4.03. The number of aryl methyl sites for hydroxylation is 1. The van der Waals surface area contributed by atoms with Gasteiger partial charge in [0.1, 0.15) is 5.82 Å². The molecule has 0 atom stereocenters. The van der Waals surface area contributed by atoms with E-state index < -0.39 is 15.7 Å². The first-order valence-electron chi connectivity index (χ1n) is 8.21. The largest absolute Gasteiger partial charge is 0.370 e. The summed E-state index contributed by atoms with van der Waals surface area (Å²) in [4.78, 5) is 4.21. The summed E-state index contributed by atoms with van der Waals surface area (Å²) in [6.45, 7) is 2.49. The zero-order valence-corrected chi connectivity index (χ0v) is 16.6. The van der Waals surface area contributed by atoms with Crippen molar-refractivity contribution in [1.82, 2.24) is 19.9 Å². The van der Waals surface area contributed by atoms with Crippen LogP contribution < -0.4 is 10.6 Å². The van der Waals surface area contributed by atoms with Crippen molar-refractivity contribution in [1.29, 1.82) is 0 Å². The van der Waals surface area contributed by atoms with Crippen molar-refractivity contribution in [3.8, 4) is 0 Å². The van der Waals surface area contributed by atoms with Gasteiger partial charge in [-0.25, -0.2) is 22.3 Å². The lowest BCUT2D eigenvalue weighted by Crippen LogP contribution is -2.14. The second kappa shape index (κ2) is 7.41. The van der Waals surface area contributed by atoms with Crippen LogP contribution in [0.15, 0.2) is 34.1 Å². The Morgan fingerprint density at radius 3 is 2.63 bits per heavy atom. The lowest BCUT2D eigenvalue weighted by molar-refractivity contribution is 0.595. The second-order valence-corrected chi connectivity index (χ2v) is 8.28. The Morgan fingerprint density at radius 1 is 1.26 bits per heavy atom. The minimum absolute atomic E-state index is 0.0675. The fourth-order valence-electron chi connectivity index (χ4n) is 2.80. The third-order valence-corrected chi connectivity index (χ3v) is 6.16. The van der Waals surface area contributed by atoms with Crippen molar-refractivity contribution in [2.24, 2.45) is 0 Å². The molecule has 0 aliphatic heterocycles. The number of hydrogen-bond donors (Lipinski definition) is 2. The van der Waals surface area contributed by atoms with Gasteiger partial charge in [0.15, 0.2) is 16.4 Å². The Balaban J connectivity index is 2.29. The monoisotopic (exact) mass is 411 g/mol. The number of benzene rings is 1. The van der Waals surface area contributed by atoms with Crippen LogP contribution >= 0.6 is 11.6 Å². The molecule has 0 aliphatic rings. The fourth-order valence-corrected chi connectivity index (χ4v) is 4.57. The van der Waals surface area contributed by atoms with Gasteiger partial charge in [0.25, 0.3) is 0 Å². The van der Waals surface area contributed by atoms with Crippen LogP contribution in [0.2, 0.25) is 5.02 Å². The first-order valence-corrected chi connectivity index (χ1v) is 10.1. The van der Waals surface area contributed by atoms with Gasteiger partial charge in [-0.2, -0.15) is 0 Å². The van der Waals surface area contributed by atoms with Crippen LogP contribution in [-0.4, -0.2) is 43.7 Å². The third-order valence-electron chi connectivity index (χ3n) is 4.09. The number of fused-ring (bicyclic) bond motifs is 1. The first-order chi connectivity index (χ1) is 12.8. The summed E-state index contributed by atoms with van der Waals surface area (Å²) in [6, 6.07) is 5.16. The fraction of sp³-hybridized carbons (Fsp3) is 0.294. The van der Waals surface area contributed by atoms with Gasteiger partial charge in [-0.1, -0.05) is 11.6 Å². The molecule has 144 valence electrons. The Labute approximate surface area is 161 Å². The molecule has 1 aromatic carbocycles. The molecule has 0 bridgehead atoms. The van der Waals surface area contributed by atoms with E-state index in [1.807, 2.05) is 13.1 Å². The summed E-state index contributed by atoms with van der Waals surface area (Å²) >= 11 is 5.78. The van der Waals surface area contributed by atoms with E-state index in [0.717, 1.165) is 17.8 Å². The van der Waals surface area contributed by atoms with Crippen molar-refractivity contribution in [2.45, 2.75) is 23.1 Å². The number of halogens is 2. The summed E-state index contributed by atoms with van der Waals surface area (Å²) in [7, 11) is -0.617. The van der Waals surface area contributed by atoms with Crippen molar-refractivity contribution in [2.75, 3.05) is 26.0 Å². The van der Waals surface area contributed by atoms with Gasteiger partial charge in [0.2, 0.25) is 9.84 Å². The molecular formula is C17H19ClFN5O2S. The van der Waals surface area contributed by atoms with Gasteiger partial charge in [0.05, 0.1) is 9.92 Å². The van der Waals surface area contributed by atoms with E-state index in [0.29, 0.717) is 18.7 Å². The van der Waals surface area contributed by atoms with Crippen LogP contribution in [0, 0.1) is 12.7 Å². The van der Waals surface area contributed by atoms with Crippen LogP contribution in [0.4, 0.5) is 10.2 Å². The number of sulfone groups is 1. The van der Waals surface area contributed by atoms with E-state index in [1.165, 1.54) is 10.6 Å². The van der Waals surface area contributed by atoms with Crippen molar-refractivity contribution in [3.05, 3.63) is 46.5 Å². The molecule has 0 unspecified atom stereocenters. The second-order valence-electron chi connectivity index (χ2n) is 5.98. The van der Waals surface area contributed by atoms with E-state index in [4.69, 9.17) is 11.6 Å². The number of rotatable bonds is 6. The lowest BCUT2D eigenvalue weighted by atomic mass is 10.2. The number of aromatic nitrogens is 3. The third kappa shape index (κ3) is 3.50. The molecule has 7 nitrogen and oxygen atoms in total. The van der Waals surface area contributed by atoms with Crippen LogP contribution in [0.25, 0.3) is 5.65 Å². The summed E-state index contributed by atoms with van der Waals surface area (Å²) in [6.07, 6.45) is 0.642. The van der Waals surface area contributed by atoms with Crippen LogP contribution in [0.5, 0.6) is 0 Å². The molecule has 0 radical (unpaired) electrons. The van der Waals surface area contributed by atoms with Gasteiger partial charge in [-0.15, -0.1) is 5.10 Å². The number of hydrogen-bond acceptors (Lipinski definition) is 6. The van der Waals surface area contributed by atoms with Crippen molar-refractivity contribution in [3.63, 3.8) is 0 Å². The number of nitrogens with one attached hydrogen (secondary N) is 2. The molecule has 2 aromatic heterocycles. The standard InChI is InChI=1S/C17H19ClFN5O2S/c1-10-8-11(6-7-20-2)24-17(22-10)15(16(21-3)23-24)27(25,26)12-4-5-14(19)13(18)9-12/h4-5,8-9,20H,6-7H2,1-3H3,(H,21,23). The molecule has 0 spiro atoms. The van der Waals surface area contributed by atoms with E-state index in [9.17, 15) is 12.8 Å². The zero-order valence-electron chi connectivity index (χ0n) is 15.0. The van der Waals surface area contributed by atoms with Crippen LogP contribution in [-0.2, 0) is 16.3 Å². The van der Waals surface area contributed by atoms with Gasteiger partial charge in [-0.05, 0) is 38.2 Å². The van der Waals surface area contributed by atoms with Crippen LogP contribution in [0.1, 0.15) is 11.4 Å². The summed E-state index contributed by atoms with van der Waals surface area (Å²) in [5.74, 6) is -0.521. The quantitative estimate of drug-likeness (QED) is 0.606. The Bertz CT molecular complexity index is 1110. The number of anilines is 1. The van der Waals surface area contributed by atoms with E-state index in [1.54, 1.807) is 14.0 Å². The van der Waals surface area contributed by atoms with Gasteiger partial charge in [0, 0.05) is 31.4 Å². The predicted octanol–water partition coefficient (Wildman–Crippen LogP) is 2.47. The molecule has 2 heterocycles. The highest BCUT2D eigenvalue weighted by Gasteiger charge is 2.29. The van der Waals surface area contributed by atoms with Gasteiger partial charge >= 0.3 is 0 Å². The molecule has 0 amide bonds. The molecule has 27 heavy (non-hydrogen) atoms. The van der Waals surface area contributed by atoms with E-state index >= 15 is 0 Å². The lowest BCUT2D eigenvalue weighted by Gasteiger charge is -2.08. The molecule has 0 saturated heterocycles. The van der Waals surface area contributed by atoms with Gasteiger partial charge < -0.3 is 10.6 Å². The average molecular weight is 412 g/mol. The Hall–Kier alpha value is -2.23. The Morgan fingerprint density at radius 2 is 2.00 bits per heavy atom. The molecular weight excluding hydrogens is 393 g/mol. The SMILES string of the molecule is CNCCc1cc(C)nc2c(S(=O)(=O)c3ccc(F)c(Cl)c3)c(NC)nn12. The zero-order chi connectivity index (χ0) is 19.8. The minimum Gasteiger partial charge on any atom is -0.370 e. The molecule has 10 heteroatoms. The maximum atomic E-state index is 13.5. The normalized spacial score (nSPS) is 11.9. The maximum Gasteiger partial charge on any atom is 0.214 e. The molecule has 0 aliphatic carbocycles. The number of nitrogens with zero attached hydrogens (tertiary/aromatic N) is 3. The average Bonchev–Trinajstić information content (AvgIpc) is 3.01. The highest BCUT2D eigenvalue weighted by atomic mass is 35.5.